The van der Waals surface area contributed by atoms with Gasteiger partial charge in [0.25, 0.3) is 0 Å². The van der Waals surface area contributed by atoms with Crippen molar-refractivity contribution >= 4 is 17.6 Å². The van der Waals surface area contributed by atoms with Crippen LogP contribution < -0.4 is 0 Å². The van der Waals surface area contributed by atoms with Crippen LogP contribution in [0.5, 0.6) is 0 Å². The Morgan fingerprint density at radius 2 is 2.05 bits per heavy atom. The second kappa shape index (κ2) is 7.65. The van der Waals surface area contributed by atoms with E-state index in [4.69, 9.17) is 21.1 Å². The van der Waals surface area contributed by atoms with Gasteiger partial charge in [0.05, 0.1) is 25.2 Å². The van der Waals surface area contributed by atoms with E-state index in [0.29, 0.717) is 13.2 Å². The highest BCUT2D eigenvalue weighted by atomic mass is 35.5. The van der Waals surface area contributed by atoms with Crippen molar-refractivity contribution < 1.29 is 14.3 Å². The molecule has 0 atom stereocenters. The van der Waals surface area contributed by atoms with Gasteiger partial charge in [0.2, 0.25) is 0 Å². The van der Waals surface area contributed by atoms with Crippen LogP contribution in [-0.2, 0) is 20.9 Å². The zero-order valence-corrected chi connectivity index (χ0v) is 12.6. The highest BCUT2D eigenvalue weighted by molar-refractivity contribution is 6.30. The molecule has 0 bridgehead atoms. The van der Waals surface area contributed by atoms with Crippen LogP contribution in [0.15, 0.2) is 24.3 Å². The third-order valence-corrected chi connectivity index (χ3v) is 3.90. The summed E-state index contributed by atoms with van der Waals surface area (Å²) in [5, 5.41) is 0.733. The normalized spacial score (nSPS) is 22.5. The van der Waals surface area contributed by atoms with E-state index < -0.39 is 0 Å². The molecular formula is C16H21ClO3. The maximum Gasteiger partial charge on any atom is 0.308 e. The number of hydrogen-bond acceptors (Lipinski definition) is 3. The molecule has 0 aliphatic heterocycles. The number of esters is 1. The van der Waals surface area contributed by atoms with E-state index >= 15 is 0 Å². The van der Waals surface area contributed by atoms with Gasteiger partial charge >= 0.3 is 5.97 Å². The van der Waals surface area contributed by atoms with E-state index in [-0.39, 0.29) is 18.0 Å². The molecule has 20 heavy (non-hydrogen) atoms. The molecule has 0 unspecified atom stereocenters. The first-order valence-corrected chi connectivity index (χ1v) is 7.59. The number of halogens is 1. The van der Waals surface area contributed by atoms with Gasteiger partial charge in [-0.25, -0.2) is 0 Å². The molecule has 0 saturated heterocycles. The number of hydrogen-bond donors (Lipinski definition) is 0. The van der Waals surface area contributed by atoms with Crippen molar-refractivity contribution in [3.05, 3.63) is 34.9 Å². The van der Waals surface area contributed by atoms with Gasteiger partial charge in [-0.05, 0) is 50.3 Å². The summed E-state index contributed by atoms with van der Waals surface area (Å²) in [7, 11) is 0. The van der Waals surface area contributed by atoms with Gasteiger partial charge in [-0.15, -0.1) is 0 Å². The van der Waals surface area contributed by atoms with Crippen LogP contribution in [0.4, 0.5) is 0 Å². The Morgan fingerprint density at radius 1 is 1.30 bits per heavy atom. The molecule has 3 nitrogen and oxygen atoms in total. The Morgan fingerprint density at radius 3 is 2.70 bits per heavy atom. The maximum atomic E-state index is 11.6. The third-order valence-electron chi connectivity index (χ3n) is 3.67. The average Bonchev–Trinajstić information content (AvgIpc) is 2.46. The summed E-state index contributed by atoms with van der Waals surface area (Å²) in [6, 6.07) is 7.72. The van der Waals surface area contributed by atoms with Gasteiger partial charge in [-0.1, -0.05) is 23.7 Å². The topological polar surface area (TPSA) is 35.5 Å². The molecule has 0 heterocycles. The van der Waals surface area contributed by atoms with Crippen molar-refractivity contribution in [2.75, 3.05) is 6.61 Å². The number of carbonyl (C=O) groups excluding carboxylic acids is 1. The number of carbonyl (C=O) groups is 1. The first-order chi connectivity index (χ1) is 9.69. The second-order valence-electron chi connectivity index (χ2n) is 5.17. The highest BCUT2D eigenvalue weighted by Gasteiger charge is 2.27. The van der Waals surface area contributed by atoms with Gasteiger partial charge < -0.3 is 9.47 Å². The molecular weight excluding hydrogens is 276 g/mol. The van der Waals surface area contributed by atoms with Gasteiger partial charge in [0.15, 0.2) is 0 Å². The van der Waals surface area contributed by atoms with Gasteiger partial charge in [0.1, 0.15) is 0 Å². The summed E-state index contributed by atoms with van der Waals surface area (Å²) < 4.78 is 11.0. The summed E-state index contributed by atoms with van der Waals surface area (Å²) in [5.74, 6) is 0.00163. The Kier molecular flexibility index (Phi) is 5.86. The average molecular weight is 297 g/mol. The van der Waals surface area contributed by atoms with E-state index in [9.17, 15) is 4.79 Å². The lowest BCUT2D eigenvalue weighted by atomic mass is 9.87. The predicted molar refractivity (Wildman–Crippen MR) is 78.6 cm³/mol. The maximum absolute atomic E-state index is 11.6. The lowest BCUT2D eigenvalue weighted by Gasteiger charge is -2.27. The number of rotatable bonds is 5. The molecule has 2 rings (SSSR count). The molecule has 1 saturated carbocycles. The van der Waals surface area contributed by atoms with Crippen LogP contribution >= 0.6 is 11.6 Å². The van der Waals surface area contributed by atoms with Crippen LogP contribution in [0.1, 0.15) is 38.2 Å². The van der Waals surface area contributed by atoms with E-state index in [0.717, 1.165) is 36.3 Å². The minimum Gasteiger partial charge on any atom is -0.466 e. The lowest BCUT2D eigenvalue weighted by Crippen LogP contribution is -2.27. The Labute approximate surface area is 125 Å². The van der Waals surface area contributed by atoms with Gasteiger partial charge in [-0.3, -0.25) is 4.79 Å². The van der Waals surface area contributed by atoms with Crippen LogP contribution in [-0.4, -0.2) is 18.7 Å². The molecule has 0 spiro atoms. The molecule has 0 N–H and O–H groups in total. The summed E-state index contributed by atoms with van der Waals surface area (Å²) in [5.41, 5.74) is 1.09. The molecule has 1 aromatic carbocycles. The van der Waals surface area contributed by atoms with E-state index in [1.165, 1.54) is 0 Å². The molecule has 110 valence electrons. The smallest absolute Gasteiger partial charge is 0.308 e. The van der Waals surface area contributed by atoms with Crippen molar-refractivity contribution in [1.29, 1.82) is 0 Å². The Balaban J connectivity index is 1.73. The monoisotopic (exact) mass is 296 g/mol. The molecule has 1 fully saturated rings. The van der Waals surface area contributed by atoms with Crippen LogP contribution in [0.25, 0.3) is 0 Å². The van der Waals surface area contributed by atoms with Crippen molar-refractivity contribution in [3.8, 4) is 0 Å². The lowest BCUT2D eigenvalue weighted by molar-refractivity contribution is -0.150. The summed E-state index contributed by atoms with van der Waals surface area (Å²) in [6.07, 6.45) is 3.80. The van der Waals surface area contributed by atoms with Crippen molar-refractivity contribution in [2.45, 2.75) is 45.3 Å². The standard InChI is InChI=1S/C16H21ClO3/c1-2-19-16(18)13-6-8-15(9-7-13)20-11-12-4-3-5-14(17)10-12/h3-5,10,13,15H,2,6-9,11H2,1H3. The molecule has 4 heteroatoms. The summed E-state index contributed by atoms with van der Waals surface area (Å²) in [4.78, 5) is 11.6. The van der Waals surface area contributed by atoms with E-state index in [1.54, 1.807) is 0 Å². The van der Waals surface area contributed by atoms with Gasteiger partial charge in [-0.2, -0.15) is 0 Å². The predicted octanol–water partition coefficient (Wildman–Crippen LogP) is 3.98. The van der Waals surface area contributed by atoms with Crippen LogP contribution in [0.3, 0.4) is 0 Å². The molecule has 1 aliphatic carbocycles. The minimum atomic E-state index is -0.0548. The fourth-order valence-electron chi connectivity index (χ4n) is 2.57. The summed E-state index contributed by atoms with van der Waals surface area (Å²) >= 11 is 5.94. The second-order valence-corrected chi connectivity index (χ2v) is 5.60. The fourth-order valence-corrected chi connectivity index (χ4v) is 2.78. The van der Waals surface area contributed by atoms with Crippen molar-refractivity contribution in [1.82, 2.24) is 0 Å². The van der Waals surface area contributed by atoms with Crippen molar-refractivity contribution in [3.63, 3.8) is 0 Å². The molecule has 0 amide bonds. The van der Waals surface area contributed by atoms with Crippen LogP contribution in [0, 0.1) is 5.92 Å². The zero-order chi connectivity index (χ0) is 14.4. The van der Waals surface area contributed by atoms with Crippen molar-refractivity contribution in [2.24, 2.45) is 5.92 Å². The Hall–Kier alpha value is -1.06. The minimum absolute atomic E-state index is 0.0548. The fraction of sp³-hybridized carbons (Fsp3) is 0.562. The summed E-state index contributed by atoms with van der Waals surface area (Å²) in [6.45, 7) is 2.89. The van der Waals surface area contributed by atoms with Crippen LogP contribution in [0.2, 0.25) is 5.02 Å². The molecule has 1 aliphatic rings. The van der Waals surface area contributed by atoms with E-state index in [1.807, 2.05) is 31.2 Å². The van der Waals surface area contributed by atoms with E-state index in [2.05, 4.69) is 0 Å². The molecule has 1 aromatic rings. The highest BCUT2D eigenvalue weighted by Crippen LogP contribution is 2.28. The first-order valence-electron chi connectivity index (χ1n) is 7.21. The zero-order valence-electron chi connectivity index (χ0n) is 11.8. The molecule has 0 aromatic heterocycles. The SMILES string of the molecule is CCOC(=O)C1CCC(OCc2cccc(Cl)c2)CC1. The Bertz CT molecular complexity index is 439. The quantitative estimate of drug-likeness (QED) is 0.771. The third kappa shape index (κ3) is 4.50. The number of benzene rings is 1. The number of ether oxygens (including phenoxy) is 2. The van der Waals surface area contributed by atoms with Gasteiger partial charge in [0, 0.05) is 5.02 Å². The largest absolute Gasteiger partial charge is 0.466 e. The first kappa shape index (κ1) is 15.3. The molecule has 0 radical (unpaired) electrons.